The first-order valence-corrected chi connectivity index (χ1v) is 11.1. The Bertz CT molecular complexity index is 1130. The zero-order chi connectivity index (χ0) is 19.9. The number of nitrogens with zero attached hydrogens (tertiary/aromatic N) is 1. The third-order valence-corrected chi connectivity index (χ3v) is 7.40. The molecule has 0 saturated carbocycles. The second-order valence-corrected chi connectivity index (χ2v) is 10.1. The van der Waals surface area contributed by atoms with Crippen molar-refractivity contribution in [1.82, 2.24) is 4.98 Å². The monoisotopic (exact) mass is 418 g/mol. The van der Waals surface area contributed by atoms with Gasteiger partial charge in [0.05, 0.1) is 20.4 Å². The molecule has 0 spiro atoms. The number of benzene rings is 2. The van der Waals surface area contributed by atoms with Gasteiger partial charge in [-0.05, 0) is 32.0 Å². The van der Waals surface area contributed by atoms with Gasteiger partial charge in [0, 0.05) is 17.7 Å². The highest BCUT2D eigenvalue weighted by molar-refractivity contribution is 7.92. The molecular formula is C19H18N2O5S2. The molecule has 2 aromatic carbocycles. The maximum absolute atomic E-state index is 12.6. The van der Waals surface area contributed by atoms with Gasteiger partial charge in [0.1, 0.15) is 13.2 Å². The minimum atomic E-state index is -3.46. The van der Waals surface area contributed by atoms with Crippen LogP contribution in [0, 0.1) is 0 Å². The zero-order valence-electron chi connectivity index (χ0n) is 15.3. The van der Waals surface area contributed by atoms with Gasteiger partial charge in [-0.15, -0.1) is 0 Å². The second kappa shape index (κ2) is 7.06. The minimum absolute atomic E-state index is 0.126. The van der Waals surface area contributed by atoms with E-state index in [0.29, 0.717) is 35.4 Å². The van der Waals surface area contributed by atoms with Crippen molar-refractivity contribution in [3.05, 3.63) is 42.0 Å². The van der Waals surface area contributed by atoms with Crippen LogP contribution in [0.5, 0.6) is 11.5 Å². The van der Waals surface area contributed by atoms with Gasteiger partial charge in [-0.25, -0.2) is 13.4 Å². The molecule has 4 rings (SSSR count). The lowest BCUT2D eigenvalue weighted by molar-refractivity contribution is 0.102. The number of anilines is 1. The molecule has 7 nitrogen and oxygen atoms in total. The number of ether oxygens (including phenoxy) is 2. The van der Waals surface area contributed by atoms with E-state index < -0.39 is 21.0 Å². The Balaban J connectivity index is 1.60. The SMILES string of the molecule is CC(C)S(=O)(=O)c1cccc(C(=O)Nc2nc3cc4c(cc3s2)OCCO4)c1. The van der Waals surface area contributed by atoms with Crippen LogP contribution in [0.1, 0.15) is 24.2 Å². The van der Waals surface area contributed by atoms with Crippen LogP contribution in [-0.2, 0) is 9.84 Å². The van der Waals surface area contributed by atoms with Crippen LogP contribution in [-0.4, -0.2) is 37.8 Å². The van der Waals surface area contributed by atoms with Gasteiger partial charge in [0.25, 0.3) is 5.91 Å². The Labute approximate surface area is 166 Å². The van der Waals surface area contributed by atoms with E-state index in [0.717, 1.165) is 4.70 Å². The fourth-order valence-corrected chi connectivity index (χ4v) is 4.75. The van der Waals surface area contributed by atoms with Crippen molar-refractivity contribution < 1.29 is 22.7 Å². The summed E-state index contributed by atoms with van der Waals surface area (Å²) in [7, 11) is -3.46. The first kappa shape index (κ1) is 18.7. The number of nitrogens with one attached hydrogen (secondary N) is 1. The molecule has 9 heteroatoms. The van der Waals surface area contributed by atoms with E-state index in [4.69, 9.17) is 9.47 Å². The molecule has 0 bridgehead atoms. The predicted molar refractivity (Wildman–Crippen MR) is 107 cm³/mol. The average Bonchev–Trinajstić information content (AvgIpc) is 3.06. The fourth-order valence-electron chi connectivity index (χ4n) is 2.77. The van der Waals surface area contributed by atoms with Crippen LogP contribution in [0.25, 0.3) is 10.2 Å². The number of hydrogen-bond donors (Lipinski definition) is 1. The third kappa shape index (κ3) is 3.43. The van der Waals surface area contributed by atoms with Gasteiger partial charge in [-0.1, -0.05) is 17.4 Å². The summed E-state index contributed by atoms with van der Waals surface area (Å²) in [5.74, 6) is 0.873. The normalized spacial score (nSPS) is 13.7. The van der Waals surface area contributed by atoms with E-state index in [9.17, 15) is 13.2 Å². The Kier molecular flexibility index (Phi) is 4.72. The molecule has 1 aliphatic heterocycles. The van der Waals surface area contributed by atoms with Gasteiger partial charge in [0.2, 0.25) is 0 Å². The third-order valence-electron chi connectivity index (χ3n) is 4.32. The Morgan fingerprint density at radius 3 is 2.57 bits per heavy atom. The zero-order valence-corrected chi connectivity index (χ0v) is 16.9. The predicted octanol–water partition coefficient (Wildman–Crippen LogP) is 3.50. The first-order valence-electron chi connectivity index (χ1n) is 8.70. The molecule has 0 unspecified atom stereocenters. The summed E-state index contributed by atoms with van der Waals surface area (Å²) in [4.78, 5) is 17.2. The summed E-state index contributed by atoms with van der Waals surface area (Å²) in [6, 6.07) is 9.64. The molecule has 28 heavy (non-hydrogen) atoms. The van der Waals surface area contributed by atoms with E-state index >= 15 is 0 Å². The molecule has 1 aliphatic rings. The Hall–Kier alpha value is -2.65. The fraction of sp³-hybridized carbons (Fsp3) is 0.263. The van der Waals surface area contributed by atoms with E-state index in [-0.39, 0.29) is 10.5 Å². The molecule has 0 aliphatic carbocycles. The van der Waals surface area contributed by atoms with Crippen LogP contribution in [0.2, 0.25) is 0 Å². The number of carbonyl (C=O) groups excluding carboxylic acids is 1. The van der Waals surface area contributed by atoms with Gasteiger partial charge in [0.15, 0.2) is 26.5 Å². The van der Waals surface area contributed by atoms with Crippen molar-refractivity contribution >= 4 is 42.4 Å². The molecule has 1 N–H and O–H groups in total. The average molecular weight is 418 g/mol. The summed E-state index contributed by atoms with van der Waals surface area (Å²) in [5.41, 5.74) is 0.952. The van der Waals surface area contributed by atoms with Gasteiger partial charge in [-0.2, -0.15) is 0 Å². The van der Waals surface area contributed by atoms with Crippen molar-refractivity contribution in [3.63, 3.8) is 0 Å². The lowest BCUT2D eigenvalue weighted by atomic mass is 10.2. The molecule has 0 fully saturated rings. The molecular weight excluding hydrogens is 400 g/mol. The quantitative estimate of drug-likeness (QED) is 0.697. The van der Waals surface area contributed by atoms with Crippen LogP contribution < -0.4 is 14.8 Å². The molecule has 1 amide bonds. The highest BCUT2D eigenvalue weighted by Gasteiger charge is 2.21. The standard InChI is InChI=1S/C19H18N2O5S2/c1-11(2)28(23,24)13-5-3-4-12(8-13)18(22)21-19-20-14-9-15-16(10-17(14)27-19)26-7-6-25-15/h3-5,8-11H,6-7H2,1-2H3,(H,20,21,22). The number of hydrogen-bond acceptors (Lipinski definition) is 7. The summed E-state index contributed by atoms with van der Waals surface area (Å²) in [6.45, 7) is 4.20. The van der Waals surface area contributed by atoms with Gasteiger partial charge >= 0.3 is 0 Å². The van der Waals surface area contributed by atoms with Crippen LogP contribution >= 0.6 is 11.3 Å². The van der Waals surface area contributed by atoms with Crippen molar-refractivity contribution in [2.24, 2.45) is 0 Å². The Morgan fingerprint density at radius 1 is 1.14 bits per heavy atom. The second-order valence-electron chi connectivity index (χ2n) is 6.56. The van der Waals surface area contributed by atoms with Crippen molar-refractivity contribution in [3.8, 4) is 11.5 Å². The lowest BCUT2D eigenvalue weighted by Gasteiger charge is -2.17. The highest BCUT2D eigenvalue weighted by atomic mass is 32.2. The molecule has 146 valence electrons. The number of thiazole rings is 1. The molecule has 0 saturated heterocycles. The van der Waals surface area contributed by atoms with Crippen molar-refractivity contribution in [1.29, 1.82) is 0 Å². The van der Waals surface area contributed by atoms with Crippen LogP contribution in [0.3, 0.4) is 0 Å². The molecule has 1 aromatic heterocycles. The van der Waals surface area contributed by atoms with E-state index in [1.807, 2.05) is 6.07 Å². The number of rotatable bonds is 4. The minimum Gasteiger partial charge on any atom is -0.486 e. The highest BCUT2D eigenvalue weighted by Crippen LogP contribution is 2.37. The van der Waals surface area contributed by atoms with Gasteiger partial charge in [-0.3, -0.25) is 10.1 Å². The number of sulfone groups is 1. The summed E-state index contributed by atoms with van der Waals surface area (Å²) in [6.07, 6.45) is 0. The first-order chi connectivity index (χ1) is 13.3. The smallest absolute Gasteiger partial charge is 0.257 e. The van der Waals surface area contributed by atoms with Crippen LogP contribution in [0.4, 0.5) is 5.13 Å². The topological polar surface area (TPSA) is 94.6 Å². The largest absolute Gasteiger partial charge is 0.486 e. The summed E-state index contributed by atoms with van der Waals surface area (Å²) >= 11 is 1.31. The number of carbonyl (C=O) groups is 1. The summed E-state index contributed by atoms with van der Waals surface area (Å²) < 4.78 is 36.7. The molecule has 3 aromatic rings. The maximum Gasteiger partial charge on any atom is 0.257 e. The number of amides is 1. The number of fused-ring (bicyclic) bond motifs is 2. The van der Waals surface area contributed by atoms with Crippen molar-refractivity contribution in [2.45, 2.75) is 24.0 Å². The maximum atomic E-state index is 12.6. The summed E-state index contributed by atoms with van der Waals surface area (Å²) in [5, 5.41) is 2.59. The van der Waals surface area contributed by atoms with E-state index in [1.54, 1.807) is 32.0 Å². The lowest BCUT2D eigenvalue weighted by Crippen LogP contribution is -2.16. The van der Waals surface area contributed by atoms with Gasteiger partial charge < -0.3 is 9.47 Å². The van der Waals surface area contributed by atoms with Crippen molar-refractivity contribution in [2.75, 3.05) is 18.5 Å². The van der Waals surface area contributed by atoms with E-state index in [1.165, 1.54) is 23.5 Å². The molecule has 2 heterocycles. The molecule has 0 atom stereocenters. The van der Waals surface area contributed by atoms with Crippen LogP contribution in [0.15, 0.2) is 41.3 Å². The number of aromatic nitrogens is 1. The Morgan fingerprint density at radius 2 is 1.86 bits per heavy atom. The van der Waals surface area contributed by atoms with E-state index in [2.05, 4.69) is 10.3 Å². The molecule has 0 radical (unpaired) electrons.